The topological polar surface area (TPSA) is 82.9 Å². The van der Waals surface area contributed by atoms with Gasteiger partial charge in [0.25, 0.3) is 0 Å². The van der Waals surface area contributed by atoms with Crippen molar-refractivity contribution in [3.05, 3.63) is 71.8 Å². The van der Waals surface area contributed by atoms with E-state index in [2.05, 4.69) is 34.9 Å². The van der Waals surface area contributed by atoms with E-state index in [1.54, 1.807) is 0 Å². The van der Waals surface area contributed by atoms with Gasteiger partial charge in [0.1, 0.15) is 0 Å². The van der Waals surface area contributed by atoms with E-state index in [9.17, 15) is 9.59 Å². The number of unbranched alkanes of at least 4 members (excludes halogenated alkanes) is 4. The number of hydrogen-bond acceptors (Lipinski definition) is 4. The molecule has 2 rings (SSSR count). The van der Waals surface area contributed by atoms with Crippen molar-refractivity contribution in [3.8, 4) is 0 Å². The van der Waals surface area contributed by atoms with Gasteiger partial charge in [-0.3, -0.25) is 9.59 Å². The lowest BCUT2D eigenvalue weighted by atomic mass is 10.0. The molecule has 2 aromatic carbocycles. The van der Waals surface area contributed by atoms with Gasteiger partial charge in [-0.2, -0.15) is 10.2 Å². The average Bonchev–Trinajstić information content (AvgIpc) is 2.88. The first-order valence-corrected chi connectivity index (χ1v) is 12.5. The van der Waals surface area contributed by atoms with E-state index >= 15 is 0 Å². The molecule has 2 N–H and O–H groups in total. The molecule has 0 fully saturated rings. The van der Waals surface area contributed by atoms with Crippen molar-refractivity contribution >= 4 is 23.2 Å². The van der Waals surface area contributed by atoms with Gasteiger partial charge in [0.05, 0.1) is 11.4 Å². The van der Waals surface area contributed by atoms with Crippen LogP contribution >= 0.6 is 0 Å². The molecule has 6 nitrogen and oxygen atoms in total. The molecule has 2 amide bonds. The molecule has 0 aliphatic heterocycles. The predicted octanol–water partition coefficient (Wildman–Crippen LogP) is 5.97. The molecule has 182 valence electrons. The van der Waals surface area contributed by atoms with Crippen LogP contribution in [-0.2, 0) is 9.59 Å². The average molecular weight is 463 g/mol. The molecule has 0 bridgehead atoms. The third kappa shape index (κ3) is 10.6. The van der Waals surface area contributed by atoms with Crippen LogP contribution in [0, 0.1) is 0 Å². The van der Waals surface area contributed by atoms with Crippen LogP contribution in [0.25, 0.3) is 0 Å². The molecule has 6 heteroatoms. The lowest BCUT2D eigenvalue weighted by molar-refractivity contribution is -0.126. The highest BCUT2D eigenvalue weighted by Crippen LogP contribution is 2.10. The Labute approximate surface area is 203 Å². The molecule has 0 heterocycles. The molecular formula is C28H38N4O2. The number of nitrogens with zero attached hydrogens (tertiary/aromatic N) is 2. The van der Waals surface area contributed by atoms with Crippen molar-refractivity contribution in [2.75, 3.05) is 0 Å². The fourth-order valence-electron chi connectivity index (χ4n) is 3.47. The second kappa shape index (κ2) is 16.4. The maximum atomic E-state index is 12.3. The third-order valence-electron chi connectivity index (χ3n) is 5.46. The number of rotatable bonds is 15. The summed E-state index contributed by atoms with van der Waals surface area (Å²) >= 11 is 0. The number of nitrogens with one attached hydrogen (secondary N) is 2. The lowest BCUT2D eigenvalue weighted by Crippen LogP contribution is -2.24. The van der Waals surface area contributed by atoms with E-state index in [0.29, 0.717) is 0 Å². The van der Waals surface area contributed by atoms with Crippen LogP contribution in [-0.4, -0.2) is 23.2 Å². The first-order chi connectivity index (χ1) is 16.6. The van der Waals surface area contributed by atoms with Gasteiger partial charge >= 0.3 is 0 Å². The van der Waals surface area contributed by atoms with Crippen molar-refractivity contribution in [1.82, 2.24) is 10.9 Å². The minimum atomic E-state index is -0.283. The Balaban J connectivity index is 1.89. The molecule has 0 saturated heterocycles. The number of carbonyl (C=O) groups is 2. The van der Waals surface area contributed by atoms with Crippen LogP contribution in [0.4, 0.5) is 0 Å². The maximum absolute atomic E-state index is 12.3. The van der Waals surface area contributed by atoms with Gasteiger partial charge in [-0.15, -0.1) is 0 Å². The van der Waals surface area contributed by atoms with Gasteiger partial charge in [0.15, 0.2) is 0 Å². The number of carbonyl (C=O) groups excluding carboxylic acids is 2. The summed E-state index contributed by atoms with van der Waals surface area (Å²) in [6.07, 6.45) is 8.21. The second-order valence-corrected chi connectivity index (χ2v) is 8.33. The molecule has 0 aliphatic carbocycles. The third-order valence-corrected chi connectivity index (χ3v) is 5.46. The zero-order chi connectivity index (χ0) is 24.4. The van der Waals surface area contributed by atoms with Gasteiger partial charge in [0.2, 0.25) is 11.8 Å². The fraction of sp³-hybridized carbons (Fsp3) is 0.429. The van der Waals surface area contributed by atoms with Crippen LogP contribution in [0.5, 0.6) is 0 Å². The van der Waals surface area contributed by atoms with E-state index in [-0.39, 0.29) is 24.7 Å². The van der Waals surface area contributed by atoms with Crippen molar-refractivity contribution in [3.63, 3.8) is 0 Å². The van der Waals surface area contributed by atoms with E-state index in [1.807, 2.05) is 60.7 Å². The van der Waals surface area contributed by atoms with Gasteiger partial charge in [-0.05, 0) is 36.8 Å². The SMILES string of the molecule is CCCCC/C(=N/NC(=O)CCC(=O)N/N=C(/CCCCC)c1ccccc1)c1ccccc1. The Kier molecular flexibility index (Phi) is 13.0. The van der Waals surface area contributed by atoms with Gasteiger partial charge < -0.3 is 0 Å². The Hall–Kier alpha value is -3.28. The summed E-state index contributed by atoms with van der Waals surface area (Å²) in [7, 11) is 0. The summed E-state index contributed by atoms with van der Waals surface area (Å²) in [5, 5.41) is 8.71. The van der Waals surface area contributed by atoms with Crippen molar-refractivity contribution in [2.24, 2.45) is 10.2 Å². The Morgan fingerprint density at radius 1 is 0.588 bits per heavy atom. The second-order valence-electron chi connectivity index (χ2n) is 8.33. The lowest BCUT2D eigenvalue weighted by Gasteiger charge is -2.08. The summed E-state index contributed by atoms with van der Waals surface area (Å²) < 4.78 is 0. The normalized spacial score (nSPS) is 11.8. The summed E-state index contributed by atoms with van der Waals surface area (Å²) in [6.45, 7) is 4.31. The first kappa shape index (κ1) is 27.0. The summed E-state index contributed by atoms with van der Waals surface area (Å²) in [5.41, 5.74) is 8.96. The highest BCUT2D eigenvalue weighted by molar-refractivity contribution is 6.01. The zero-order valence-electron chi connectivity index (χ0n) is 20.6. The number of hydrazone groups is 2. The highest BCUT2D eigenvalue weighted by atomic mass is 16.2. The first-order valence-electron chi connectivity index (χ1n) is 12.5. The molecule has 0 aliphatic rings. The molecule has 0 aromatic heterocycles. The monoisotopic (exact) mass is 462 g/mol. The molecule has 0 radical (unpaired) electrons. The van der Waals surface area contributed by atoms with E-state index < -0.39 is 0 Å². The highest BCUT2D eigenvalue weighted by Gasteiger charge is 2.09. The minimum absolute atomic E-state index is 0.0540. The quantitative estimate of drug-likeness (QED) is 0.194. The van der Waals surface area contributed by atoms with Gasteiger partial charge in [-0.1, -0.05) is 100 Å². The number of benzene rings is 2. The van der Waals surface area contributed by atoms with Crippen LogP contribution < -0.4 is 10.9 Å². The number of amides is 2. The van der Waals surface area contributed by atoms with Gasteiger partial charge in [-0.25, -0.2) is 10.9 Å². The fourth-order valence-corrected chi connectivity index (χ4v) is 3.47. The van der Waals surface area contributed by atoms with Crippen molar-refractivity contribution < 1.29 is 9.59 Å². The molecule has 34 heavy (non-hydrogen) atoms. The van der Waals surface area contributed by atoms with Crippen LogP contribution in [0.1, 0.15) is 89.2 Å². The smallest absolute Gasteiger partial charge is 0.240 e. The van der Waals surface area contributed by atoms with Gasteiger partial charge in [0, 0.05) is 12.8 Å². The zero-order valence-corrected chi connectivity index (χ0v) is 20.6. The van der Waals surface area contributed by atoms with Crippen LogP contribution in [0.15, 0.2) is 70.9 Å². The Bertz CT molecular complexity index is 846. The molecule has 0 saturated carbocycles. The van der Waals surface area contributed by atoms with Crippen molar-refractivity contribution in [1.29, 1.82) is 0 Å². The minimum Gasteiger partial charge on any atom is -0.273 e. The molecule has 0 atom stereocenters. The standard InChI is InChI=1S/C28H38N4O2/c1-3-5-9-19-25(23-15-11-7-12-16-23)29-31-27(33)21-22-28(34)32-30-26(20-10-6-4-2)24-17-13-8-14-18-24/h7-8,11-18H,3-6,9-10,19-22H2,1-2H3,(H,31,33)(H,32,34)/b29-25-,30-26-. The Morgan fingerprint density at radius 2 is 0.971 bits per heavy atom. The summed E-state index contributed by atoms with van der Waals surface area (Å²) in [5.74, 6) is -0.566. The predicted molar refractivity (Wildman–Crippen MR) is 140 cm³/mol. The van der Waals surface area contributed by atoms with E-state index in [0.717, 1.165) is 73.9 Å². The summed E-state index contributed by atoms with van der Waals surface area (Å²) in [6, 6.07) is 19.7. The maximum Gasteiger partial charge on any atom is 0.240 e. The molecular weight excluding hydrogens is 424 g/mol. The molecule has 0 unspecified atom stereocenters. The summed E-state index contributed by atoms with van der Waals surface area (Å²) in [4.78, 5) is 24.6. The molecule has 0 spiro atoms. The Morgan fingerprint density at radius 3 is 1.32 bits per heavy atom. The van der Waals surface area contributed by atoms with Crippen LogP contribution in [0.3, 0.4) is 0 Å². The van der Waals surface area contributed by atoms with E-state index in [1.165, 1.54) is 0 Å². The van der Waals surface area contributed by atoms with E-state index in [4.69, 9.17) is 0 Å². The van der Waals surface area contributed by atoms with Crippen LogP contribution in [0.2, 0.25) is 0 Å². The largest absolute Gasteiger partial charge is 0.273 e. The number of hydrogen-bond donors (Lipinski definition) is 2. The van der Waals surface area contributed by atoms with Crippen molar-refractivity contribution in [2.45, 2.75) is 78.1 Å². The molecule has 2 aromatic rings.